The molecule has 1 aliphatic rings. The summed E-state index contributed by atoms with van der Waals surface area (Å²) in [6.45, 7) is 4.15. The van der Waals surface area contributed by atoms with Crippen LogP contribution in [0.1, 0.15) is 5.56 Å². The van der Waals surface area contributed by atoms with Gasteiger partial charge in [-0.2, -0.15) is 0 Å². The molecule has 0 bridgehead atoms. The fourth-order valence-corrected chi connectivity index (χ4v) is 2.68. The van der Waals surface area contributed by atoms with E-state index in [9.17, 15) is 4.39 Å². The van der Waals surface area contributed by atoms with Crippen molar-refractivity contribution < 1.29 is 4.39 Å². The van der Waals surface area contributed by atoms with Gasteiger partial charge in [0.05, 0.1) is 0 Å². The molecule has 100 valence electrons. The summed E-state index contributed by atoms with van der Waals surface area (Å²) in [6.07, 6.45) is 0. The van der Waals surface area contributed by atoms with Gasteiger partial charge < -0.3 is 10.6 Å². The van der Waals surface area contributed by atoms with Crippen molar-refractivity contribution in [3.63, 3.8) is 0 Å². The van der Waals surface area contributed by atoms with E-state index in [1.807, 2.05) is 12.1 Å². The molecule has 18 heavy (non-hydrogen) atoms. The Morgan fingerprint density at radius 3 is 2.89 bits per heavy atom. The van der Waals surface area contributed by atoms with Gasteiger partial charge in [-0.05, 0) is 19.2 Å². The summed E-state index contributed by atoms with van der Waals surface area (Å²) in [5, 5.41) is 0. The number of benzene rings is 1. The summed E-state index contributed by atoms with van der Waals surface area (Å²) in [4.78, 5) is 4.54. The molecule has 5 heteroatoms. The van der Waals surface area contributed by atoms with Gasteiger partial charge in [-0.15, -0.1) is 0 Å². The standard InChI is InChI=1S/C13H19BrFN3/c1-17-4-5-18(12(7-16)9-17)8-10-2-3-11(14)6-13(10)15/h2-3,6,12H,4-5,7-9,16H2,1H3. The summed E-state index contributed by atoms with van der Waals surface area (Å²) in [7, 11) is 2.10. The van der Waals surface area contributed by atoms with Crippen LogP contribution in [-0.2, 0) is 6.54 Å². The molecular weight excluding hydrogens is 297 g/mol. The maximum Gasteiger partial charge on any atom is 0.128 e. The minimum atomic E-state index is -0.154. The van der Waals surface area contributed by atoms with Crippen molar-refractivity contribution in [3.8, 4) is 0 Å². The molecule has 0 saturated carbocycles. The van der Waals surface area contributed by atoms with Crippen LogP contribution < -0.4 is 5.73 Å². The van der Waals surface area contributed by atoms with Gasteiger partial charge in [-0.1, -0.05) is 22.0 Å². The fraction of sp³-hybridized carbons (Fsp3) is 0.538. The molecule has 1 aliphatic heterocycles. The third-order valence-electron chi connectivity index (χ3n) is 3.47. The van der Waals surface area contributed by atoms with E-state index in [1.165, 1.54) is 6.07 Å². The van der Waals surface area contributed by atoms with Gasteiger partial charge in [0.15, 0.2) is 0 Å². The number of hydrogen-bond acceptors (Lipinski definition) is 3. The van der Waals surface area contributed by atoms with Crippen LogP contribution in [-0.4, -0.2) is 49.1 Å². The maximum absolute atomic E-state index is 13.8. The van der Waals surface area contributed by atoms with E-state index in [0.717, 1.165) is 29.7 Å². The molecule has 0 radical (unpaired) electrons. The zero-order valence-corrected chi connectivity index (χ0v) is 12.2. The number of hydrogen-bond donors (Lipinski definition) is 1. The monoisotopic (exact) mass is 315 g/mol. The highest BCUT2D eigenvalue weighted by molar-refractivity contribution is 9.10. The van der Waals surface area contributed by atoms with Crippen molar-refractivity contribution in [1.29, 1.82) is 0 Å². The first-order valence-electron chi connectivity index (χ1n) is 6.16. The SMILES string of the molecule is CN1CCN(Cc2ccc(Br)cc2F)C(CN)C1. The highest BCUT2D eigenvalue weighted by Gasteiger charge is 2.24. The lowest BCUT2D eigenvalue weighted by Crippen LogP contribution is -2.54. The van der Waals surface area contributed by atoms with Crippen LogP contribution in [0.15, 0.2) is 22.7 Å². The smallest absolute Gasteiger partial charge is 0.128 e. The van der Waals surface area contributed by atoms with Gasteiger partial charge in [0.2, 0.25) is 0 Å². The predicted molar refractivity (Wildman–Crippen MR) is 74.8 cm³/mol. The molecule has 1 atom stereocenters. The van der Waals surface area contributed by atoms with Crippen molar-refractivity contribution in [1.82, 2.24) is 9.80 Å². The van der Waals surface area contributed by atoms with Crippen LogP contribution >= 0.6 is 15.9 Å². The van der Waals surface area contributed by atoms with Crippen molar-refractivity contribution in [3.05, 3.63) is 34.1 Å². The number of halogens is 2. The van der Waals surface area contributed by atoms with Gasteiger partial charge in [0.1, 0.15) is 5.82 Å². The van der Waals surface area contributed by atoms with E-state index < -0.39 is 0 Å². The second-order valence-corrected chi connectivity index (χ2v) is 5.77. The van der Waals surface area contributed by atoms with Crippen LogP contribution in [0.25, 0.3) is 0 Å². The van der Waals surface area contributed by atoms with Crippen molar-refractivity contribution in [2.75, 3.05) is 33.2 Å². The average Bonchev–Trinajstić information content (AvgIpc) is 2.34. The summed E-state index contributed by atoms with van der Waals surface area (Å²) in [6, 6.07) is 5.55. The minimum Gasteiger partial charge on any atom is -0.329 e. The quantitative estimate of drug-likeness (QED) is 0.921. The zero-order chi connectivity index (χ0) is 13.1. The van der Waals surface area contributed by atoms with Crippen LogP contribution in [0.2, 0.25) is 0 Å². The van der Waals surface area contributed by atoms with Gasteiger partial charge in [-0.3, -0.25) is 4.90 Å². The Kier molecular flexibility index (Phi) is 4.72. The number of piperazine rings is 1. The summed E-state index contributed by atoms with van der Waals surface area (Å²) in [5.74, 6) is -0.154. The zero-order valence-electron chi connectivity index (χ0n) is 10.6. The minimum absolute atomic E-state index is 0.154. The van der Waals surface area contributed by atoms with E-state index in [-0.39, 0.29) is 5.82 Å². The van der Waals surface area contributed by atoms with Crippen LogP contribution in [0.5, 0.6) is 0 Å². The lowest BCUT2D eigenvalue weighted by Gasteiger charge is -2.39. The first-order valence-corrected chi connectivity index (χ1v) is 6.96. The topological polar surface area (TPSA) is 32.5 Å². The number of rotatable bonds is 3. The predicted octanol–water partition coefficient (Wildman–Crippen LogP) is 1.66. The van der Waals surface area contributed by atoms with Gasteiger partial charge >= 0.3 is 0 Å². The second kappa shape index (κ2) is 6.10. The van der Waals surface area contributed by atoms with Crippen molar-refractivity contribution in [2.24, 2.45) is 5.73 Å². The summed E-state index contributed by atoms with van der Waals surface area (Å²) < 4.78 is 14.6. The molecule has 0 spiro atoms. The van der Waals surface area contributed by atoms with Crippen LogP contribution in [0.3, 0.4) is 0 Å². The number of nitrogens with zero attached hydrogens (tertiary/aromatic N) is 2. The first kappa shape index (κ1) is 13.9. The summed E-state index contributed by atoms with van der Waals surface area (Å²) >= 11 is 3.27. The van der Waals surface area contributed by atoms with E-state index in [2.05, 4.69) is 32.8 Å². The van der Waals surface area contributed by atoms with Gasteiger partial charge in [-0.25, -0.2) is 4.39 Å². The number of likely N-dealkylation sites (N-methyl/N-ethyl adjacent to an activating group) is 1. The Morgan fingerprint density at radius 2 is 2.22 bits per heavy atom. The first-order chi connectivity index (χ1) is 8.60. The Balaban J connectivity index is 2.07. The molecule has 0 aromatic heterocycles. The molecule has 1 heterocycles. The van der Waals surface area contributed by atoms with Crippen molar-refractivity contribution in [2.45, 2.75) is 12.6 Å². The average molecular weight is 316 g/mol. The Labute approximate surface area is 116 Å². The van der Waals surface area contributed by atoms with Gasteiger partial charge in [0, 0.05) is 48.8 Å². The Bertz CT molecular complexity index is 413. The normalized spacial score (nSPS) is 22.3. The molecule has 1 aromatic carbocycles. The Morgan fingerprint density at radius 1 is 1.44 bits per heavy atom. The molecule has 1 aromatic rings. The van der Waals surface area contributed by atoms with Crippen molar-refractivity contribution >= 4 is 15.9 Å². The molecule has 3 nitrogen and oxygen atoms in total. The van der Waals surface area contributed by atoms with E-state index in [0.29, 0.717) is 19.1 Å². The largest absolute Gasteiger partial charge is 0.329 e. The molecule has 1 saturated heterocycles. The van der Waals surface area contributed by atoms with E-state index >= 15 is 0 Å². The second-order valence-electron chi connectivity index (χ2n) is 4.86. The lowest BCUT2D eigenvalue weighted by atomic mass is 10.1. The van der Waals surface area contributed by atoms with Crippen LogP contribution in [0, 0.1) is 5.82 Å². The molecule has 0 aliphatic carbocycles. The fourth-order valence-electron chi connectivity index (χ4n) is 2.35. The molecular formula is C13H19BrFN3. The maximum atomic E-state index is 13.8. The number of nitrogens with two attached hydrogens (primary N) is 1. The molecule has 2 rings (SSSR count). The van der Waals surface area contributed by atoms with Crippen LogP contribution in [0.4, 0.5) is 4.39 Å². The molecule has 0 amide bonds. The highest BCUT2D eigenvalue weighted by Crippen LogP contribution is 2.19. The third-order valence-corrected chi connectivity index (χ3v) is 3.96. The molecule has 2 N–H and O–H groups in total. The van der Waals surface area contributed by atoms with E-state index in [1.54, 1.807) is 0 Å². The van der Waals surface area contributed by atoms with E-state index in [4.69, 9.17) is 5.73 Å². The highest BCUT2D eigenvalue weighted by atomic mass is 79.9. The Hall–Kier alpha value is -0.490. The van der Waals surface area contributed by atoms with Gasteiger partial charge in [0.25, 0.3) is 0 Å². The molecule has 1 fully saturated rings. The molecule has 1 unspecified atom stereocenters. The lowest BCUT2D eigenvalue weighted by molar-refractivity contribution is 0.0871. The third kappa shape index (κ3) is 3.29. The summed E-state index contributed by atoms with van der Waals surface area (Å²) in [5.41, 5.74) is 6.54.